The molecule has 0 bridgehead atoms. The van der Waals surface area contributed by atoms with Gasteiger partial charge in [0.25, 0.3) is 0 Å². The molecule has 0 amide bonds. The van der Waals surface area contributed by atoms with Gasteiger partial charge in [-0.1, -0.05) is 90.5 Å². The van der Waals surface area contributed by atoms with Crippen LogP contribution in [0.1, 0.15) is 32.7 Å². The Hall–Kier alpha value is -3.49. The van der Waals surface area contributed by atoms with Crippen LogP contribution in [0.25, 0.3) is 29.1 Å². The van der Waals surface area contributed by atoms with Crippen molar-refractivity contribution in [3.8, 4) is 0 Å². The third kappa shape index (κ3) is 4.40. The van der Waals surface area contributed by atoms with Gasteiger partial charge in [-0.05, 0) is 47.9 Å². The van der Waals surface area contributed by atoms with Crippen LogP contribution in [0, 0.1) is 6.92 Å². The molecule has 0 radical (unpaired) electrons. The van der Waals surface area contributed by atoms with Crippen LogP contribution in [0.3, 0.4) is 0 Å². The Morgan fingerprint density at radius 1 is 0.800 bits per heavy atom. The highest BCUT2D eigenvalue weighted by Crippen LogP contribution is 2.26. The minimum Gasteiger partial charge on any atom is -0.289 e. The quantitative estimate of drug-likeness (QED) is 0.256. The SMILES string of the molecule is Cc1nc2ccccc2c(/C=C/c2ccccc2)c1C(=O)/C=C/c1ccc(Cl)cc1. The van der Waals surface area contributed by atoms with Crippen molar-refractivity contribution in [1.82, 2.24) is 4.98 Å². The van der Waals surface area contributed by atoms with Gasteiger partial charge in [0.1, 0.15) is 0 Å². The largest absolute Gasteiger partial charge is 0.289 e. The summed E-state index contributed by atoms with van der Waals surface area (Å²) < 4.78 is 0. The molecule has 2 nitrogen and oxygen atoms in total. The van der Waals surface area contributed by atoms with E-state index in [0.717, 1.165) is 27.6 Å². The third-order valence-corrected chi connectivity index (χ3v) is 5.15. The van der Waals surface area contributed by atoms with Crippen LogP contribution < -0.4 is 0 Å². The molecule has 0 fully saturated rings. The van der Waals surface area contributed by atoms with E-state index in [1.807, 2.05) is 97.9 Å². The lowest BCUT2D eigenvalue weighted by Crippen LogP contribution is -2.05. The number of hydrogen-bond acceptors (Lipinski definition) is 2. The highest BCUT2D eigenvalue weighted by molar-refractivity contribution is 6.30. The molecule has 1 heterocycles. The van der Waals surface area contributed by atoms with Gasteiger partial charge in [0.2, 0.25) is 0 Å². The van der Waals surface area contributed by atoms with Gasteiger partial charge in [0, 0.05) is 16.1 Å². The van der Waals surface area contributed by atoms with Crippen LogP contribution in [-0.4, -0.2) is 10.8 Å². The van der Waals surface area contributed by atoms with Gasteiger partial charge in [-0.15, -0.1) is 0 Å². The van der Waals surface area contributed by atoms with Gasteiger partial charge in [-0.3, -0.25) is 9.78 Å². The number of benzene rings is 3. The predicted octanol–water partition coefficient (Wildman–Crippen LogP) is 7.26. The second-order valence-electron chi connectivity index (χ2n) is 7.00. The Labute approximate surface area is 181 Å². The van der Waals surface area contributed by atoms with Gasteiger partial charge in [-0.2, -0.15) is 0 Å². The molecule has 30 heavy (non-hydrogen) atoms. The zero-order valence-corrected chi connectivity index (χ0v) is 17.3. The van der Waals surface area contributed by atoms with Crippen LogP contribution >= 0.6 is 11.6 Å². The van der Waals surface area contributed by atoms with E-state index >= 15 is 0 Å². The standard InChI is InChI=1S/C27H20ClNO/c1-19-27(26(30)18-14-21-11-15-22(28)16-12-21)24(17-13-20-7-3-2-4-8-20)23-9-5-6-10-25(23)29-19/h2-18H,1H3/b17-13+,18-14+. The van der Waals surface area contributed by atoms with E-state index in [1.54, 1.807) is 12.2 Å². The number of aromatic nitrogens is 1. The third-order valence-electron chi connectivity index (χ3n) is 4.90. The van der Waals surface area contributed by atoms with Crippen molar-refractivity contribution in [1.29, 1.82) is 0 Å². The van der Waals surface area contributed by atoms with Crippen molar-refractivity contribution in [3.05, 3.63) is 118 Å². The first kappa shape index (κ1) is 19.8. The second kappa shape index (κ2) is 8.89. The molecule has 4 aromatic rings. The van der Waals surface area contributed by atoms with E-state index in [2.05, 4.69) is 4.98 Å². The highest BCUT2D eigenvalue weighted by atomic mass is 35.5. The lowest BCUT2D eigenvalue weighted by atomic mass is 9.96. The van der Waals surface area contributed by atoms with Crippen LogP contribution in [-0.2, 0) is 0 Å². The highest BCUT2D eigenvalue weighted by Gasteiger charge is 2.15. The molecule has 1 aromatic heterocycles. The molecule has 0 aliphatic rings. The summed E-state index contributed by atoms with van der Waals surface area (Å²) in [6.45, 7) is 1.88. The maximum Gasteiger partial charge on any atom is 0.188 e. The maximum absolute atomic E-state index is 13.2. The Morgan fingerprint density at radius 2 is 1.47 bits per heavy atom. The molecule has 0 saturated carbocycles. The topological polar surface area (TPSA) is 30.0 Å². The second-order valence-corrected chi connectivity index (χ2v) is 7.43. The van der Waals surface area contributed by atoms with E-state index in [1.165, 1.54) is 0 Å². The summed E-state index contributed by atoms with van der Waals surface area (Å²) in [7, 11) is 0. The fraction of sp³-hybridized carbons (Fsp3) is 0.0370. The molecule has 0 N–H and O–H groups in total. The van der Waals surface area contributed by atoms with Crippen LogP contribution in [0.4, 0.5) is 0 Å². The number of ketones is 1. The maximum atomic E-state index is 13.2. The summed E-state index contributed by atoms with van der Waals surface area (Å²) in [5, 5.41) is 1.62. The lowest BCUT2D eigenvalue weighted by molar-refractivity contribution is 0.104. The number of nitrogens with zero attached hydrogens (tertiary/aromatic N) is 1. The Morgan fingerprint density at radius 3 is 2.23 bits per heavy atom. The zero-order chi connectivity index (χ0) is 20.9. The van der Waals surface area contributed by atoms with E-state index in [4.69, 9.17) is 11.6 Å². The molecule has 0 unspecified atom stereocenters. The van der Waals surface area contributed by atoms with Crippen LogP contribution in [0.5, 0.6) is 0 Å². The van der Waals surface area contributed by atoms with Crippen molar-refractivity contribution in [2.24, 2.45) is 0 Å². The normalized spacial score (nSPS) is 11.5. The molecular weight excluding hydrogens is 390 g/mol. The van der Waals surface area contributed by atoms with Gasteiger partial charge >= 0.3 is 0 Å². The van der Waals surface area contributed by atoms with E-state index in [9.17, 15) is 4.79 Å². The zero-order valence-electron chi connectivity index (χ0n) is 16.5. The molecule has 146 valence electrons. The van der Waals surface area contributed by atoms with Gasteiger partial charge in [-0.25, -0.2) is 0 Å². The summed E-state index contributed by atoms with van der Waals surface area (Å²) in [4.78, 5) is 17.9. The lowest BCUT2D eigenvalue weighted by Gasteiger charge is -2.11. The number of pyridine rings is 1. The van der Waals surface area contributed by atoms with Gasteiger partial charge in [0.05, 0.1) is 11.1 Å². The van der Waals surface area contributed by atoms with Crippen molar-refractivity contribution in [2.75, 3.05) is 0 Å². The summed E-state index contributed by atoms with van der Waals surface area (Å²) in [6, 6.07) is 25.3. The van der Waals surface area contributed by atoms with Crippen LogP contribution in [0.2, 0.25) is 5.02 Å². The summed E-state index contributed by atoms with van der Waals surface area (Å²) in [5.74, 6) is -0.0755. The molecular formula is C27H20ClNO. The molecule has 0 spiro atoms. The summed E-state index contributed by atoms with van der Waals surface area (Å²) >= 11 is 5.95. The molecule has 0 aliphatic carbocycles. The number of allylic oxidation sites excluding steroid dienone is 1. The first-order valence-corrected chi connectivity index (χ1v) is 10.1. The minimum atomic E-state index is -0.0755. The number of rotatable bonds is 5. The summed E-state index contributed by atoms with van der Waals surface area (Å²) in [6.07, 6.45) is 7.44. The average Bonchev–Trinajstić information content (AvgIpc) is 2.77. The number of carbonyl (C=O) groups is 1. The van der Waals surface area contributed by atoms with E-state index in [0.29, 0.717) is 16.3 Å². The monoisotopic (exact) mass is 409 g/mol. The van der Waals surface area contributed by atoms with Crippen molar-refractivity contribution < 1.29 is 4.79 Å². The van der Waals surface area contributed by atoms with Crippen LogP contribution in [0.15, 0.2) is 84.9 Å². The molecule has 0 atom stereocenters. The molecule has 0 aliphatic heterocycles. The van der Waals surface area contributed by atoms with Gasteiger partial charge in [0.15, 0.2) is 5.78 Å². The number of aryl methyl sites for hydroxylation is 1. The first-order chi connectivity index (χ1) is 14.6. The fourth-order valence-electron chi connectivity index (χ4n) is 3.42. The molecule has 4 rings (SSSR count). The Balaban J connectivity index is 1.79. The van der Waals surface area contributed by atoms with Crippen molar-refractivity contribution >= 4 is 46.5 Å². The smallest absolute Gasteiger partial charge is 0.188 e. The van der Waals surface area contributed by atoms with E-state index < -0.39 is 0 Å². The van der Waals surface area contributed by atoms with Crippen molar-refractivity contribution in [3.63, 3.8) is 0 Å². The molecule has 0 saturated heterocycles. The predicted molar refractivity (Wildman–Crippen MR) is 127 cm³/mol. The minimum absolute atomic E-state index is 0.0755. The number of fused-ring (bicyclic) bond motifs is 1. The Kier molecular flexibility index (Phi) is 5.87. The Bertz CT molecular complexity index is 1260. The number of carbonyl (C=O) groups excluding carboxylic acids is 1. The van der Waals surface area contributed by atoms with E-state index in [-0.39, 0.29) is 5.78 Å². The number of halogens is 1. The average molecular weight is 410 g/mol. The number of hydrogen-bond donors (Lipinski definition) is 0. The fourth-order valence-corrected chi connectivity index (χ4v) is 3.55. The first-order valence-electron chi connectivity index (χ1n) is 9.72. The number of para-hydroxylation sites is 1. The molecule has 3 aromatic carbocycles. The molecule has 3 heteroatoms. The summed E-state index contributed by atoms with van der Waals surface area (Å²) in [5.41, 5.74) is 5.08. The van der Waals surface area contributed by atoms with Gasteiger partial charge < -0.3 is 0 Å². The van der Waals surface area contributed by atoms with Crippen molar-refractivity contribution in [2.45, 2.75) is 6.92 Å².